The van der Waals surface area contributed by atoms with Crippen LogP contribution in [0.2, 0.25) is 0 Å². The summed E-state index contributed by atoms with van der Waals surface area (Å²) in [5.74, 6) is -2.85. The smallest absolute Gasteiger partial charge is 0.333 e. The summed E-state index contributed by atoms with van der Waals surface area (Å²) in [4.78, 5) is 19.4. The van der Waals surface area contributed by atoms with E-state index in [1.165, 1.54) is 0 Å². The molecule has 3 N–H and O–H groups in total. The zero-order valence-electron chi connectivity index (χ0n) is 14.2. The van der Waals surface area contributed by atoms with Gasteiger partial charge in [-0.15, -0.1) is 0 Å². The predicted octanol–water partition coefficient (Wildman–Crippen LogP) is 3.77. The van der Waals surface area contributed by atoms with Gasteiger partial charge >= 0.3 is 11.9 Å². The van der Waals surface area contributed by atoms with Crippen molar-refractivity contribution in [1.82, 2.24) is 0 Å². The molecule has 0 saturated heterocycles. The van der Waals surface area contributed by atoms with Crippen LogP contribution in [0, 0.1) is 0 Å². The Kier molecular flexibility index (Phi) is 7.16. The van der Waals surface area contributed by atoms with Crippen molar-refractivity contribution in [2.24, 2.45) is 0 Å². The Bertz CT molecular complexity index is 873. The third-order valence-electron chi connectivity index (χ3n) is 3.38. The fourth-order valence-electron chi connectivity index (χ4n) is 2.07. The van der Waals surface area contributed by atoms with Gasteiger partial charge in [0.1, 0.15) is 11.2 Å². The third-order valence-corrected chi connectivity index (χ3v) is 3.38. The summed E-state index contributed by atoms with van der Waals surface area (Å²) in [7, 11) is 0. The highest BCUT2D eigenvalue weighted by atomic mass is 16.4. The fraction of sp³-hybridized carbons (Fsp3) is 0.100. The molecule has 0 saturated carbocycles. The minimum absolute atomic E-state index is 0.755. The average Bonchev–Trinajstić information content (AvgIpc) is 3.31. The van der Waals surface area contributed by atoms with Crippen molar-refractivity contribution in [2.45, 2.75) is 12.5 Å². The van der Waals surface area contributed by atoms with E-state index in [9.17, 15) is 9.59 Å². The van der Waals surface area contributed by atoms with Crippen LogP contribution >= 0.6 is 0 Å². The lowest BCUT2D eigenvalue weighted by Crippen LogP contribution is -2.22. The monoisotopic (exact) mass is 370 g/mol. The molecule has 4 rings (SSSR count). The first-order chi connectivity index (χ1) is 13.0. The molecule has 0 fully saturated rings. The average molecular weight is 370 g/mol. The van der Waals surface area contributed by atoms with E-state index in [4.69, 9.17) is 24.2 Å². The van der Waals surface area contributed by atoms with Gasteiger partial charge in [-0.1, -0.05) is 36.4 Å². The van der Waals surface area contributed by atoms with Crippen LogP contribution in [-0.4, -0.2) is 33.4 Å². The second-order valence-corrected chi connectivity index (χ2v) is 5.37. The van der Waals surface area contributed by atoms with E-state index < -0.39 is 24.5 Å². The summed E-state index contributed by atoms with van der Waals surface area (Å²) in [5.41, 5.74) is 1.91. The molecule has 4 aromatic rings. The van der Waals surface area contributed by atoms with Crippen molar-refractivity contribution in [3.63, 3.8) is 0 Å². The number of aliphatic hydroxyl groups is 1. The van der Waals surface area contributed by atoms with E-state index in [1.54, 1.807) is 12.5 Å². The summed E-state index contributed by atoms with van der Waals surface area (Å²) in [6.07, 6.45) is 0.854. The molecule has 0 aliphatic heterocycles. The lowest BCUT2D eigenvalue weighted by molar-refractivity contribution is -0.152. The Morgan fingerprint density at radius 3 is 1.56 bits per heavy atom. The third kappa shape index (κ3) is 6.33. The maximum Gasteiger partial charge on any atom is 0.333 e. The number of carbonyl (C=O) groups is 2. The molecular formula is C20H18O7. The van der Waals surface area contributed by atoms with Crippen LogP contribution in [0.15, 0.2) is 82.0 Å². The first kappa shape index (κ1) is 19.7. The molecule has 0 aliphatic rings. The van der Waals surface area contributed by atoms with E-state index in [1.807, 2.05) is 60.7 Å². The fourth-order valence-corrected chi connectivity index (χ4v) is 2.07. The molecule has 0 aliphatic carbocycles. The summed E-state index contributed by atoms with van der Waals surface area (Å²) in [6, 6.07) is 19.8. The van der Waals surface area contributed by atoms with Crippen molar-refractivity contribution in [3.05, 3.63) is 73.2 Å². The Morgan fingerprint density at radius 2 is 1.22 bits per heavy atom. The second kappa shape index (κ2) is 9.79. The van der Waals surface area contributed by atoms with Crippen molar-refractivity contribution < 1.29 is 33.7 Å². The minimum atomic E-state index is -1.79. The van der Waals surface area contributed by atoms with Gasteiger partial charge in [0.15, 0.2) is 6.10 Å². The molecule has 7 nitrogen and oxygen atoms in total. The van der Waals surface area contributed by atoms with Crippen molar-refractivity contribution in [1.29, 1.82) is 0 Å². The lowest BCUT2D eigenvalue weighted by atomic mass is 10.3. The highest BCUT2D eigenvalue weighted by molar-refractivity contribution is 5.79. The molecule has 27 heavy (non-hydrogen) atoms. The number of hydrogen-bond acceptors (Lipinski definition) is 5. The molecule has 0 radical (unpaired) electrons. The quantitative estimate of drug-likeness (QED) is 0.502. The molecule has 1 unspecified atom stereocenters. The van der Waals surface area contributed by atoms with Crippen LogP contribution < -0.4 is 0 Å². The van der Waals surface area contributed by atoms with Gasteiger partial charge in [-0.05, 0) is 24.3 Å². The summed E-state index contributed by atoms with van der Waals surface area (Å²) in [5, 5.41) is 26.5. The highest BCUT2D eigenvalue weighted by Gasteiger charge is 2.16. The van der Waals surface area contributed by atoms with E-state index in [2.05, 4.69) is 0 Å². The van der Waals surface area contributed by atoms with E-state index in [0.717, 1.165) is 21.9 Å². The van der Waals surface area contributed by atoms with Gasteiger partial charge in [0.25, 0.3) is 0 Å². The predicted molar refractivity (Wildman–Crippen MR) is 98.3 cm³/mol. The Labute approximate surface area is 154 Å². The minimum Gasteiger partial charge on any atom is -0.481 e. The zero-order valence-corrected chi connectivity index (χ0v) is 14.2. The molecule has 0 spiro atoms. The number of carboxylic acid groups (broad SMARTS) is 2. The first-order valence-electron chi connectivity index (χ1n) is 7.94. The molecule has 140 valence electrons. The summed E-state index contributed by atoms with van der Waals surface area (Å²) >= 11 is 0. The van der Waals surface area contributed by atoms with E-state index >= 15 is 0 Å². The normalized spacial score (nSPS) is 11.0. The van der Waals surface area contributed by atoms with Crippen LogP contribution in [0.5, 0.6) is 0 Å². The van der Waals surface area contributed by atoms with Crippen LogP contribution in [0.4, 0.5) is 0 Å². The number of para-hydroxylation sites is 2. The Morgan fingerprint density at radius 1 is 0.778 bits per heavy atom. The van der Waals surface area contributed by atoms with Crippen LogP contribution in [-0.2, 0) is 9.59 Å². The topological polar surface area (TPSA) is 121 Å². The molecule has 2 heterocycles. The Hall–Kier alpha value is -3.58. The first-order valence-corrected chi connectivity index (χ1v) is 7.94. The highest BCUT2D eigenvalue weighted by Crippen LogP contribution is 2.13. The molecule has 0 bridgehead atoms. The largest absolute Gasteiger partial charge is 0.481 e. The number of fused-ring (bicyclic) bond motifs is 2. The van der Waals surface area contributed by atoms with Gasteiger partial charge < -0.3 is 24.2 Å². The van der Waals surface area contributed by atoms with E-state index in [0.29, 0.717) is 0 Å². The lowest BCUT2D eigenvalue weighted by Gasteiger charge is -1.97. The van der Waals surface area contributed by atoms with Crippen molar-refractivity contribution in [2.75, 3.05) is 0 Å². The SMILES string of the molecule is O=C(O)CC(O)C(=O)O.c1ccc2occc2c1.c1ccc2occc2c1. The maximum absolute atomic E-state index is 9.72. The molecule has 1 atom stereocenters. The number of rotatable bonds is 3. The number of aliphatic hydroxyl groups excluding tert-OH is 1. The van der Waals surface area contributed by atoms with Gasteiger partial charge in [-0.3, -0.25) is 4.79 Å². The standard InChI is InChI=1S/2C8H6O.C4H6O5/c2*1-2-4-8-7(3-1)5-6-9-8;5-2(4(8)9)1-3(6)7/h2*1-6H;2,5H,1H2,(H,6,7)(H,8,9). The van der Waals surface area contributed by atoms with Crippen molar-refractivity contribution in [3.8, 4) is 0 Å². The number of aliphatic carboxylic acids is 2. The molecule has 0 amide bonds. The van der Waals surface area contributed by atoms with E-state index in [-0.39, 0.29) is 0 Å². The maximum atomic E-state index is 9.72. The number of carboxylic acids is 2. The Balaban J connectivity index is 0.000000145. The van der Waals surface area contributed by atoms with Crippen LogP contribution in [0.25, 0.3) is 21.9 Å². The van der Waals surface area contributed by atoms with Crippen molar-refractivity contribution >= 4 is 33.9 Å². The second-order valence-electron chi connectivity index (χ2n) is 5.37. The van der Waals surface area contributed by atoms with Gasteiger partial charge in [0.2, 0.25) is 0 Å². The van der Waals surface area contributed by atoms with Gasteiger partial charge in [-0.2, -0.15) is 0 Å². The van der Waals surface area contributed by atoms with Gasteiger partial charge in [0.05, 0.1) is 18.9 Å². The number of furan rings is 2. The molecule has 2 aromatic carbocycles. The number of hydrogen-bond donors (Lipinski definition) is 3. The van der Waals surface area contributed by atoms with Gasteiger partial charge in [0, 0.05) is 10.8 Å². The van der Waals surface area contributed by atoms with Crippen LogP contribution in [0.3, 0.4) is 0 Å². The van der Waals surface area contributed by atoms with Gasteiger partial charge in [-0.25, -0.2) is 4.79 Å². The summed E-state index contributed by atoms with van der Waals surface area (Å²) in [6.45, 7) is 0. The number of benzene rings is 2. The summed E-state index contributed by atoms with van der Waals surface area (Å²) < 4.78 is 10.2. The molecule has 7 heteroatoms. The zero-order chi connectivity index (χ0) is 19.6. The molecule has 2 aromatic heterocycles. The molecular weight excluding hydrogens is 352 g/mol. The van der Waals surface area contributed by atoms with Crippen LogP contribution in [0.1, 0.15) is 6.42 Å².